The molecule has 2 aromatic rings. The number of aromatic nitrogens is 3. The van der Waals surface area contributed by atoms with Crippen molar-refractivity contribution in [1.29, 1.82) is 0 Å². The monoisotopic (exact) mass is 375 g/mol. The van der Waals surface area contributed by atoms with Gasteiger partial charge in [-0.3, -0.25) is 0 Å². The van der Waals surface area contributed by atoms with Crippen LogP contribution in [-0.4, -0.2) is 52.4 Å². The summed E-state index contributed by atoms with van der Waals surface area (Å²) in [7, 11) is 1.58. The summed E-state index contributed by atoms with van der Waals surface area (Å²) in [6.07, 6.45) is -0.572. The Hall–Kier alpha value is -2.68. The van der Waals surface area contributed by atoms with Gasteiger partial charge >= 0.3 is 6.03 Å². The second kappa shape index (κ2) is 7.91. The average molecular weight is 375 g/mol. The largest absolute Gasteiger partial charge is 0.481 e. The van der Waals surface area contributed by atoms with Crippen molar-refractivity contribution in [3.8, 4) is 5.88 Å². The Morgan fingerprint density at radius 1 is 1.33 bits per heavy atom. The summed E-state index contributed by atoms with van der Waals surface area (Å²) < 4.78 is 16.4. The van der Waals surface area contributed by atoms with Crippen molar-refractivity contribution < 1.29 is 18.8 Å². The summed E-state index contributed by atoms with van der Waals surface area (Å²) in [5.41, 5.74) is 2.76. The van der Waals surface area contributed by atoms with E-state index in [4.69, 9.17) is 14.0 Å². The van der Waals surface area contributed by atoms with E-state index >= 15 is 0 Å². The number of hydrogen-bond donors (Lipinski definition) is 1. The molecule has 1 N–H and O–H groups in total. The lowest BCUT2D eigenvalue weighted by Gasteiger charge is -2.35. The van der Waals surface area contributed by atoms with Gasteiger partial charge in [0.1, 0.15) is 0 Å². The first-order valence-electron chi connectivity index (χ1n) is 8.87. The quantitative estimate of drug-likeness (QED) is 0.872. The second-order valence-electron chi connectivity index (χ2n) is 6.75. The predicted molar refractivity (Wildman–Crippen MR) is 96.4 cm³/mol. The van der Waals surface area contributed by atoms with E-state index in [1.165, 1.54) is 0 Å². The Bertz CT molecular complexity index is 822. The molecule has 146 valence electrons. The number of nitrogens with one attached hydrogen (secondary N) is 1. The highest BCUT2D eigenvalue weighted by molar-refractivity contribution is 5.74. The van der Waals surface area contributed by atoms with Crippen LogP contribution in [0.1, 0.15) is 41.6 Å². The van der Waals surface area contributed by atoms with E-state index in [2.05, 4.69) is 20.4 Å². The van der Waals surface area contributed by atoms with Crippen molar-refractivity contribution >= 4 is 6.03 Å². The standard InChI is InChI=1S/C18H25N5O4/c1-10-6-11(2)20-16(25-5)14(10)7-19-18(24)23-8-12(3)26-15(9-23)17-21-13(4)22-27-17/h6,12,15H,7-9H2,1-5H3,(H,19,24)/t12-,15-/m1/s1. The smallest absolute Gasteiger partial charge is 0.317 e. The number of rotatable bonds is 4. The molecule has 0 aromatic carbocycles. The minimum atomic E-state index is -0.432. The summed E-state index contributed by atoms with van der Waals surface area (Å²) in [6, 6.07) is 1.78. The molecule has 1 fully saturated rings. The van der Waals surface area contributed by atoms with Gasteiger partial charge in [0.2, 0.25) is 5.88 Å². The Kier molecular flexibility index (Phi) is 5.59. The van der Waals surface area contributed by atoms with Crippen molar-refractivity contribution in [3.63, 3.8) is 0 Å². The van der Waals surface area contributed by atoms with Crippen LogP contribution in [0, 0.1) is 20.8 Å². The topological polar surface area (TPSA) is 103 Å². The Labute approximate surface area is 158 Å². The van der Waals surface area contributed by atoms with E-state index in [1.54, 1.807) is 18.9 Å². The molecular formula is C18H25N5O4. The van der Waals surface area contributed by atoms with Gasteiger partial charge < -0.3 is 24.2 Å². The fourth-order valence-corrected chi connectivity index (χ4v) is 3.19. The van der Waals surface area contributed by atoms with Crippen LogP contribution < -0.4 is 10.1 Å². The first-order valence-corrected chi connectivity index (χ1v) is 8.87. The number of ether oxygens (including phenoxy) is 2. The number of nitrogens with zero attached hydrogens (tertiary/aromatic N) is 4. The zero-order valence-electron chi connectivity index (χ0n) is 16.3. The number of amides is 2. The summed E-state index contributed by atoms with van der Waals surface area (Å²) in [4.78, 5) is 23.0. The summed E-state index contributed by atoms with van der Waals surface area (Å²) in [6.45, 7) is 8.70. The van der Waals surface area contributed by atoms with Gasteiger partial charge in [-0.2, -0.15) is 4.98 Å². The van der Waals surface area contributed by atoms with Crippen molar-refractivity contribution in [2.24, 2.45) is 0 Å². The fraction of sp³-hybridized carbons (Fsp3) is 0.556. The van der Waals surface area contributed by atoms with Crippen LogP contribution in [0.5, 0.6) is 5.88 Å². The van der Waals surface area contributed by atoms with Crippen molar-refractivity contribution in [2.45, 2.75) is 46.4 Å². The number of carbonyl (C=O) groups is 1. The van der Waals surface area contributed by atoms with E-state index in [9.17, 15) is 4.79 Å². The molecular weight excluding hydrogens is 350 g/mol. The van der Waals surface area contributed by atoms with Crippen molar-refractivity contribution in [3.05, 3.63) is 34.6 Å². The highest BCUT2D eigenvalue weighted by Gasteiger charge is 2.32. The molecule has 9 heteroatoms. The minimum Gasteiger partial charge on any atom is -0.481 e. The van der Waals surface area contributed by atoms with E-state index in [0.29, 0.717) is 37.2 Å². The van der Waals surface area contributed by atoms with Gasteiger partial charge in [-0.25, -0.2) is 9.78 Å². The predicted octanol–water partition coefficient (Wildman–Crippen LogP) is 2.07. The van der Waals surface area contributed by atoms with Crippen LogP contribution in [0.4, 0.5) is 4.79 Å². The molecule has 27 heavy (non-hydrogen) atoms. The van der Waals surface area contributed by atoms with Crippen LogP contribution in [0.15, 0.2) is 10.6 Å². The van der Waals surface area contributed by atoms with Crippen LogP contribution in [-0.2, 0) is 11.3 Å². The number of urea groups is 1. The number of pyridine rings is 1. The van der Waals surface area contributed by atoms with Crippen LogP contribution in [0.3, 0.4) is 0 Å². The molecule has 2 amide bonds. The molecule has 9 nitrogen and oxygen atoms in total. The number of morpholine rings is 1. The van der Waals surface area contributed by atoms with E-state index in [-0.39, 0.29) is 12.1 Å². The third kappa shape index (κ3) is 4.36. The zero-order chi connectivity index (χ0) is 19.6. The molecule has 1 saturated heterocycles. The van der Waals surface area contributed by atoms with Crippen LogP contribution in [0.2, 0.25) is 0 Å². The lowest BCUT2D eigenvalue weighted by molar-refractivity contribution is -0.0782. The third-order valence-corrected chi connectivity index (χ3v) is 4.41. The number of aryl methyl sites for hydroxylation is 3. The first-order chi connectivity index (χ1) is 12.9. The Balaban J connectivity index is 1.67. The van der Waals surface area contributed by atoms with Gasteiger partial charge in [-0.1, -0.05) is 5.16 Å². The number of methoxy groups -OCH3 is 1. The first kappa shape index (κ1) is 19.1. The Morgan fingerprint density at radius 3 is 2.78 bits per heavy atom. The molecule has 1 aliphatic heterocycles. The maximum Gasteiger partial charge on any atom is 0.317 e. The second-order valence-corrected chi connectivity index (χ2v) is 6.75. The van der Waals surface area contributed by atoms with Gasteiger partial charge in [-0.05, 0) is 39.3 Å². The van der Waals surface area contributed by atoms with Gasteiger partial charge in [0, 0.05) is 17.8 Å². The molecule has 3 rings (SSSR count). The van der Waals surface area contributed by atoms with Gasteiger partial charge in [0.15, 0.2) is 11.9 Å². The van der Waals surface area contributed by atoms with E-state index in [0.717, 1.165) is 16.8 Å². The maximum atomic E-state index is 12.7. The number of carbonyl (C=O) groups excluding carboxylic acids is 1. The van der Waals surface area contributed by atoms with Crippen LogP contribution >= 0.6 is 0 Å². The van der Waals surface area contributed by atoms with Crippen LogP contribution in [0.25, 0.3) is 0 Å². The normalized spacial score (nSPS) is 19.8. The highest BCUT2D eigenvalue weighted by atomic mass is 16.5. The van der Waals surface area contributed by atoms with E-state index in [1.807, 2.05) is 26.8 Å². The molecule has 2 atom stereocenters. The van der Waals surface area contributed by atoms with E-state index < -0.39 is 6.10 Å². The maximum absolute atomic E-state index is 12.7. The molecule has 2 aromatic heterocycles. The Morgan fingerprint density at radius 2 is 2.11 bits per heavy atom. The highest BCUT2D eigenvalue weighted by Crippen LogP contribution is 2.24. The minimum absolute atomic E-state index is 0.140. The molecule has 0 saturated carbocycles. The molecule has 0 aliphatic carbocycles. The molecule has 1 aliphatic rings. The SMILES string of the molecule is COc1nc(C)cc(C)c1CNC(=O)N1C[C@@H](C)O[C@@H](c2nc(C)no2)C1. The zero-order valence-corrected chi connectivity index (χ0v) is 16.3. The van der Waals surface area contributed by atoms with Gasteiger partial charge in [0.05, 0.1) is 26.3 Å². The lowest BCUT2D eigenvalue weighted by atomic mass is 10.1. The van der Waals surface area contributed by atoms with Gasteiger partial charge in [0.25, 0.3) is 5.89 Å². The summed E-state index contributed by atoms with van der Waals surface area (Å²) in [5.74, 6) is 1.46. The summed E-state index contributed by atoms with van der Waals surface area (Å²) in [5, 5.41) is 6.74. The lowest BCUT2D eigenvalue weighted by Crippen LogP contribution is -2.49. The molecule has 0 bridgehead atoms. The fourth-order valence-electron chi connectivity index (χ4n) is 3.19. The van der Waals surface area contributed by atoms with Gasteiger partial charge in [-0.15, -0.1) is 0 Å². The number of hydrogen-bond acceptors (Lipinski definition) is 7. The van der Waals surface area contributed by atoms with Crippen molar-refractivity contribution in [1.82, 2.24) is 25.3 Å². The molecule has 0 spiro atoms. The average Bonchev–Trinajstić information content (AvgIpc) is 3.06. The molecule has 0 radical (unpaired) electrons. The molecule has 0 unspecified atom stereocenters. The van der Waals surface area contributed by atoms with Crippen molar-refractivity contribution in [2.75, 3.05) is 20.2 Å². The molecule has 3 heterocycles. The summed E-state index contributed by atoms with van der Waals surface area (Å²) >= 11 is 0. The third-order valence-electron chi connectivity index (χ3n) is 4.41.